The fraction of sp³-hybridized carbons (Fsp3) is 0.0638. The lowest BCUT2D eigenvalue weighted by Gasteiger charge is -2.39. The summed E-state index contributed by atoms with van der Waals surface area (Å²) in [6.45, 7) is 4.81. The highest BCUT2D eigenvalue weighted by atomic mass is 15.1. The molecule has 8 aromatic rings. The van der Waals surface area contributed by atoms with Crippen LogP contribution in [0.4, 0.5) is 17.1 Å². The molecule has 0 amide bonds. The molecule has 8 aromatic carbocycles. The Hall–Kier alpha value is -5.92. The van der Waals surface area contributed by atoms with E-state index in [0.29, 0.717) is 0 Å². The summed E-state index contributed by atoms with van der Waals surface area (Å²) >= 11 is 0. The third-order valence-electron chi connectivity index (χ3n) is 10.2. The molecule has 0 radical (unpaired) electrons. The van der Waals surface area contributed by atoms with Crippen molar-refractivity contribution in [1.82, 2.24) is 0 Å². The number of benzene rings is 8. The Morgan fingerprint density at radius 3 is 1.81 bits per heavy atom. The van der Waals surface area contributed by atoms with Gasteiger partial charge in [-0.25, -0.2) is 0 Å². The van der Waals surface area contributed by atoms with E-state index < -0.39 is 0 Å². The molecular formula is C47H35N. The third kappa shape index (κ3) is 4.39. The van der Waals surface area contributed by atoms with E-state index >= 15 is 0 Å². The van der Waals surface area contributed by atoms with Crippen LogP contribution in [0.3, 0.4) is 0 Å². The van der Waals surface area contributed by atoms with E-state index in [1.54, 1.807) is 0 Å². The number of hydrogen-bond donors (Lipinski definition) is 0. The monoisotopic (exact) mass is 613 g/mol. The third-order valence-corrected chi connectivity index (χ3v) is 10.2. The summed E-state index contributed by atoms with van der Waals surface area (Å²) in [5, 5.41) is 5.15. The molecule has 1 nitrogen and oxygen atoms in total. The molecule has 9 rings (SSSR count). The van der Waals surface area contributed by atoms with Crippen LogP contribution >= 0.6 is 0 Å². The van der Waals surface area contributed by atoms with Gasteiger partial charge < -0.3 is 4.90 Å². The van der Waals surface area contributed by atoms with Crippen molar-refractivity contribution in [3.63, 3.8) is 0 Å². The standard InChI is InChI=1S/C47H35N/c1-47(2)42-25-12-18-35-28-31-43(48(36-19-7-4-8-20-36)37-29-26-33(27-30-37)32-14-5-3-6-15-32)45(44(35)42)41-24-13-23-40(46(41)47)39-22-11-17-34-16-9-10-21-38(34)39/h3-31H,1-2H3. The summed E-state index contributed by atoms with van der Waals surface area (Å²) in [4.78, 5) is 2.44. The summed E-state index contributed by atoms with van der Waals surface area (Å²) in [6, 6.07) is 64.3. The maximum absolute atomic E-state index is 2.44. The molecule has 0 unspecified atom stereocenters. The van der Waals surface area contributed by atoms with Gasteiger partial charge in [0.25, 0.3) is 0 Å². The molecule has 1 aliphatic rings. The molecule has 0 atom stereocenters. The minimum absolute atomic E-state index is 0.219. The Morgan fingerprint density at radius 2 is 1.00 bits per heavy atom. The van der Waals surface area contributed by atoms with E-state index in [0.717, 1.165) is 11.4 Å². The molecule has 0 spiro atoms. The number of hydrogen-bond acceptors (Lipinski definition) is 1. The highest BCUT2D eigenvalue weighted by Gasteiger charge is 2.37. The van der Waals surface area contributed by atoms with E-state index in [2.05, 4.69) is 195 Å². The second-order valence-corrected chi connectivity index (χ2v) is 13.3. The molecular weight excluding hydrogens is 579 g/mol. The van der Waals surface area contributed by atoms with Crippen LogP contribution in [-0.4, -0.2) is 0 Å². The maximum Gasteiger partial charge on any atom is 0.0546 e. The lowest BCUT2D eigenvalue weighted by Crippen LogP contribution is -2.25. The Labute approximate surface area is 282 Å². The zero-order valence-electron chi connectivity index (χ0n) is 27.2. The molecule has 0 saturated carbocycles. The van der Waals surface area contributed by atoms with Crippen LogP contribution in [0.5, 0.6) is 0 Å². The van der Waals surface area contributed by atoms with E-state index in [9.17, 15) is 0 Å². The zero-order chi connectivity index (χ0) is 32.2. The summed E-state index contributed by atoms with van der Waals surface area (Å²) in [6.07, 6.45) is 0. The first-order valence-electron chi connectivity index (χ1n) is 16.8. The molecule has 0 fully saturated rings. The molecule has 0 N–H and O–H groups in total. The first-order chi connectivity index (χ1) is 23.6. The summed E-state index contributed by atoms with van der Waals surface area (Å²) in [5.74, 6) is 0. The maximum atomic E-state index is 2.44. The second kappa shape index (κ2) is 11.1. The molecule has 1 aliphatic carbocycles. The van der Waals surface area contributed by atoms with Crippen molar-refractivity contribution in [3.05, 3.63) is 187 Å². The number of anilines is 3. The Morgan fingerprint density at radius 1 is 0.417 bits per heavy atom. The van der Waals surface area contributed by atoms with Crippen LogP contribution in [-0.2, 0) is 5.41 Å². The predicted molar refractivity (Wildman–Crippen MR) is 205 cm³/mol. The van der Waals surface area contributed by atoms with Crippen molar-refractivity contribution in [1.29, 1.82) is 0 Å². The largest absolute Gasteiger partial charge is 0.310 e. The minimum Gasteiger partial charge on any atom is -0.310 e. The van der Waals surface area contributed by atoms with Crippen LogP contribution in [0.15, 0.2) is 176 Å². The normalized spacial score (nSPS) is 13.0. The topological polar surface area (TPSA) is 3.24 Å². The van der Waals surface area contributed by atoms with E-state index in [1.165, 1.54) is 71.7 Å². The molecule has 228 valence electrons. The Kier molecular flexibility index (Phi) is 6.55. The summed E-state index contributed by atoms with van der Waals surface area (Å²) < 4.78 is 0. The van der Waals surface area contributed by atoms with Gasteiger partial charge in [0.05, 0.1) is 5.69 Å². The highest BCUT2D eigenvalue weighted by Crippen LogP contribution is 2.56. The van der Waals surface area contributed by atoms with E-state index in [4.69, 9.17) is 0 Å². The zero-order valence-corrected chi connectivity index (χ0v) is 27.2. The summed E-state index contributed by atoms with van der Waals surface area (Å²) in [7, 11) is 0. The number of fused-ring (bicyclic) bond motifs is 3. The lowest BCUT2D eigenvalue weighted by molar-refractivity contribution is 0.647. The Balaban J connectivity index is 1.34. The van der Waals surface area contributed by atoms with Crippen molar-refractivity contribution >= 4 is 38.6 Å². The van der Waals surface area contributed by atoms with Gasteiger partial charge in [-0.05, 0) is 90.8 Å². The van der Waals surface area contributed by atoms with Gasteiger partial charge >= 0.3 is 0 Å². The first-order valence-corrected chi connectivity index (χ1v) is 16.8. The van der Waals surface area contributed by atoms with E-state index in [-0.39, 0.29) is 5.41 Å². The minimum atomic E-state index is -0.219. The first kappa shape index (κ1) is 28.3. The van der Waals surface area contributed by atoms with Crippen LogP contribution in [0.1, 0.15) is 25.0 Å². The van der Waals surface area contributed by atoms with Crippen molar-refractivity contribution in [2.24, 2.45) is 0 Å². The molecule has 0 saturated heterocycles. The molecule has 48 heavy (non-hydrogen) atoms. The van der Waals surface area contributed by atoms with Crippen LogP contribution < -0.4 is 4.90 Å². The van der Waals surface area contributed by atoms with Crippen molar-refractivity contribution < 1.29 is 0 Å². The SMILES string of the molecule is CC1(C)c2c(-c3cccc4ccccc34)cccc2-c2c(N(c3ccccc3)c3ccc(-c4ccccc4)cc3)ccc3cccc1c23. The second-order valence-electron chi connectivity index (χ2n) is 13.3. The predicted octanol–water partition coefficient (Wildman–Crippen LogP) is 13.1. The van der Waals surface area contributed by atoms with Crippen LogP contribution in [0.2, 0.25) is 0 Å². The van der Waals surface area contributed by atoms with Crippen molar-refractivity contribution in [2.75, 3.05) is 4.90 Å². The van der Waals surface area contributed by atoms with Gasteiger partial charge in [-0.15, -0.1) is 0 Å². The number of para-hydroxylation sites is 1. The number of nitrogens with zero attached hydrogens (tertiary/aromatic N) is 1. The van der Waals surface area contributed by atoms with E-state index in [1.807, 2.05) is 0 Å². The van der Waals surface area contributed by atoms with Crippen molar-refractivity contribution in [3.8, 4) is 33.4 Å². The van der Waals surface area contributed by atoms with Gasteiger partial charge in [-0.1, -0.05) is 159 Å². The van der Waals surface area contributed by atoms with Gasteiger partial charge in [-0.2, -0.15) is 0 Å². The van der Waals surface area contributed by atoms with Crippen molar-refractivity contribution in [2.45, 2.75) is 19.3 Å². The average molecular weight is 614 g/mol. The fourth-order valence-corrected chi connectivity index (χ4v) is 8.04. The van der Waals surface area contributed by atoms with Gasteiger partial charge in [0.1, 0.15) is 0 Å². The fourth-order valence-electron chi connectivity index (χ4n) is 8.04. The molecule has 0 heterocycles. The molecule has 1 heteroatoms. The molecule has 0 aromatic heterocycles. The van der Waals surface area contributed by atoms with Gasteiger partial charge in [0.2, 0.25) is 0 Å². The molecule has 0 bridgehead atoms. The van der Waals surface area contributed by atoms with Gasteiger partial charge in [-0.3, -0.25) is 0 Å². The quantitative estimate of drug-likeness (QED) is 0.187. The smallest absolute Gasteiger partial charge is 0.0546 e. The lowest BCUT2D eigenvalue weighted by atomic mass is 9.66. The average Bonchev–Trinajstić information content (AvgIpc) is 3.15. The van der Waals surface area contributed by atoms with Crippen LogP contribution in [0, 0.1) is 0 Å². The number of rotatable bonds is 5. The Bertz CT molecular complexity index is 2450. The summed E-state index contributed by atoms with van der Waals surface area (Å²) in [5.41, 5.74) is 13.6. The highest BCUT2D eigenvalue weighted by molar-refractivity contribution is 6.12. The molecule has 0 aliphatic heterocycles. The van der Waals surface area contributed by atoms with Gasteiger partial charge in [0, 0.05) is 22.4 Å². The van der Waals surface area contributed by atoms with Gasteiger partial charge in [0.15, 0.2) is 0 Å². The van der Waals surface area contributed by atoms with Crippen LogP contribution in [0.25, 0.3) is 54.9 Å².